The average molecular weight is 231 g/mol. The topological polar surface area (TPSA) is 64.3 Å². The van der Waals surface area contributed by atoms with E-state index in [0.717, 1.165) is 6.54 Å². The molecule has 0 radical (unpaired) electrons. The van der Waals surface area contributed by atoms with Crippen LogP contribution in [0.1, 0.15) is 0 Å². The highest BCUT2D eigenvalue weighted by Gasteiger charge is 2.07. The Labute approximate surface area is 94.2 Å². The maximum absolute atomic E-state index is 5.70. The van der Waals surface area contributed by atoms with Crippen molar-refractivity contribution in [3.05, 3.63) is 17.4 Å². The molecule has 0 aliphatic rings. The molecule has 0 aromatic carbocycles. The summed E-state index contributed by atoms with van der Waals surface area (Å²) in [6, 6.07) is 0. The van der Waals surface area contributed by atoms with Gasteiger partial charge in [-0.15, -0.1) is 0 Å². The molecule has 0 spiro atoms. The van der Waals surface area contributed by atoms with Crippen LogP contribution < -0.4 is 10.6 Å². The molecule has 0 saturated heterocycles. The van der Waals surface area contributed by atoms with Crippen molar-refractivity contribution < 1.29 is 4.74 Å². The summed E-state index contributed by atoms with van der Waals surface area (Å²) in [5.74, 6) is 0.627. The highest BCUT2D eigenvalue weighted by atomic mass is 35.5. The Balaban J connectivity index is 2.65. The number of nitrogens with zero attached hydrogens (tertiary/aromatic N) is 3. The number of nitrogens with two attached hydrogens (primary N) is 1. The summed E-state index contributed by atoms with van der Waals surface area (Å²) in [5.41, 5.74) is 5.50. The molecule has 84 valence electrons. The van der Waals surface area contributed by atoms with Gasteiger partial charge in [-0.3, -0.25) is 0 Å². The van der Waals surface area contributed by atoms with Gasteiger partial charge in [-0.05, 0) is 0 Å². The first-order valence-electron chi connectivity index (χ1n) is 4.69. The number of aromatic nitrogens is 2. The van der Waals surface area contributed by atoms with Crippen molar-refractivity contribution in [2.75, 3.05) is 38.3 Å². The number of rotatable bonds is 6. The molecular formula is C9H15ClN4O. The lowest BCUT2D eigenvalue weighted by molar-refractivity contribution is 0.205. The third-order valence-electron chi connectivity index (χ3n) is 1.85. The van der Waals surface area contributed by atoms with Gasteiger partial charge in [0.1, 0.15) is 0 Å². The molecule has 1 heterocycles. The maximum Gasteiger partial charge on any atom is 0.225 e. The van der Waals surface area contributed by atoms with Gasteiger partial charge in [0.05, 0.1) is 24.0 Å². The summed E-state index contributed by atoms with van der Waals surface area (Å²) in [6.07, 6.45) is 3.14. The lowest BCUT2D eigenvalue weighted by Gasteiger charge is -2.20. The van der Waals surface area contributed by atoms with Crippen molar-refractivity contribution in [2.24, 2.45) is 5.73 Å². The molecule has 0 aliphatic heterocycles. The van der Waals surface area contributed by atoms with Crippen LogP contribution in [-0.2, 0) is 4.74 Å². The first-order valence-corrected chi connectivity index (χ1v) is 5.07. The second kappa shape index (κ2) is 6.55. The number of halogens is 1. The van der Waals surface area contributed by atoms with Crippen molar-refractivity contribution in [1.82, 2.24) is 9.97 Å². The van der Waals surface area contributed by atoms with Crippen LogP contribution in [0.15, 0.2) is 12.4 Å². The molecule has 1 rings (SSSR count). The Hall–Kier alpha value is -0.910. The van der Waals surface area contributed by atoms with E-state index < -0.39 is 0 Å². The Kier molecular flexibility index (Phi) is 5.31. The van der Waals surface area contributed by atoms with E-state index in [4.69, 9.17) is 22.1 Å². The minimum absolute atomic E-state index is 0.526. The zero-order valence-corrected chi connectivity index (χ0v) is 9.44. The Morgan fingerprint density at radius 3 is 2.60 bits per heavy atom. The number of hydrogen-bond acceptors (Lipinski definition) is 5. The van der Waals surface area contributed by atoms with E-state index in [9.17, 15) is 0 Å². The normalized spacial score (nSPS) is 10.3. The monoisotopic (exact) mass is 230 g/mol. The number of methoxy groups -OCH3 is 1. The van der Waals surface area contributed by atoms with Gasteiger partial charge < -0.3 is 15.4 Å². The Bertz CT molecular complexity index is 280. The van der Waals surface area contributed by atoms with Crippen LogP contribution >= 0.6 is 11.6 Å². The first kappa shape index (κ1) is 12.2. The molecule has 1 aromatic rings. The third-order valence-corrected chi connectivity index (χ3v) is 2.05. The van der Waals surface area contributed by atoms with E-state index in [1.807, 2.05) is 4.90 Å². The van der Waals surface area contributed by atoms with Crippen molar-refractivity contribution in [1.29, 1.82) is 0 Å². The summed E-state index contributed by atoms with van der Waals surface area (Å²) >= 11 is 5.70. The van der Waals surface area contributed by atoms with Gasteiger partial charge in [-0.25, -0.2) is 9.97 Å². The predicted octanol–water partition coefficient (Wildman–Crippen LogP) is 0.541. The summed E-state index contributed by atoms with van der Waals surface area (Å²) in [4.78, 5) is 10.2. The first-order chi connectivity index (χ1) is 7.27. The quantitative estimate of drug-likeness (QED) is 0.773. The zero-order valence-electron chi connectivity index (χ0n) is 8.69. The van der Waals surface area contributed by atoms with Crippen LogP contribution in [0, 0.1) is 0 Å². The molecule has 0 unspecified atom stereocenters. The molecule has 0 amide bonds. The molecule has 1 aromatic heterocycles. The van der Waals surface area contributed by atoms with Crippen molar-refractivity contribution in [3.63, 3.8) is 0 Å². The summed E-state index contributed by atoms with van der Waals surface area (Å²) < 4.78 is 5.00. The van der Waals surface area contributed by atoms with Gasteiger partial charge in [0, 0.05) is 26.7 Å². The molecule has 0 aliphatic carbocycles. The second-order valence-corrected chi connectivity index (χ2v) is 3.41. The molecule has 0 fully saturated rings. The van der Waals surface area contributed by atoms with Crippen molar-refractivity contribution >= 4 is 17.5 Å². The molecule has 0 bridgehead atoms. The van der Waals surface area contributed by atoms with Crippen molar-refractivity contribution in [3.8, 4) is 0 Å². The van der Waals surface area contributed by atoms with Crippen LogP contribution in [0.5, 0.6) is 0 Å². The molecule has 2 N–H and O–H groups in total. The molecule has 15 heavy (non-hydrogen) atoms. The minimum Gasteiger partial charge on any atom is -0.383 e. The van der Waals surface area contributed by atoms with Gasteiger partial charge in [0.25, 0.3) is 0 Å². The zero-order chi connectivity index (χ0) is 11.1. The molecular weight excluding hydrogens is 216 g/mol. The Morgan fingerprint density at radius 2 is 2.07 bits per heavy atom. The van der Waals surface area contributed by atoms with E-state index in [0.29, 0.717) is 30.7 Å². The maximum atomic E-state index is 5.70. The largest absolute Gasteiger partial charge is 0.383 e. The van der Waals surface area contributed by atoms with E-state index >= 15 is 0 Å². The minimum atomic E-state index is 0.526. The SMILES string of the molecule is COCCN(CCN)c1ncc(Cl)cn1. The predicted molar refractivity (Wildman–Crippen MR) is 60.2 cm³/mol. The average Bonchev–Trinajstić information content (AvgIpc) is 2.25. The standard InChI is InChI=1S/C9H15ClN4O/c1-15-5-4-14(3-2-11)9-12-6-8(10)7-13-9/h6-7H,2-5,11H2,1H3. The van der Waals surface area contributed by atoms with Crippen LogP contribution in [0.2, 0.25) is 5.02 Å². The summed E-state index contributed by atoms with van der Waals surface area (Å²) in [5, 5.41) is 0.526. The van der Waals surface area contributed by atoms with Gasteiger partial charge in [0.15, 0.2) is 0 Å². The van der Waals surface area contributed by atoms with E-state index in [-0.39, 0.29) is 0 Å². The fourth-order valence-electron chi connectivity index (χ4n) is 1.14. The van der Waals surface area contributed by atoms with Crippen LogP contribution in [0.25, 0.3) is 0 Å². The van der Waals surface area contributed by atoms with E-state index in [1.54, 1.807) is 19.5 Å². The van der Waals surface area contributed by atoms with Gasteiger partial charge in [-0.1, -0.05) is 11.6 Å². The fourth-order valence-corrected chi connectivity index (χ4v) is 1.24. The molecule has 0 atom stereocenters. The Morgan fingerprint density at radius 1 is 1.40 bits per heavy atom. The second-order valence-electron chi connectivity index (χ2n) is 2.97. The lowest BCUT2D eigenvalue weighted by Crippen LogP contribution is -2.33. The molecule has 0 saturated carbocycles. The smallest absolute Gasteiger partial charge is 0.225 e. The highest BCUT2D eigenvalue weighted by Crippen LogP contribution is 2.09. The lowest BCUT2D eigenvalue weighted by atomic mass is 10.5. The molecule has 5 nitrogen and oxygen atoms in total. The van der Waals surface area contributed by atoms with Gasteiger partial charge in [0.2, 0.25) is 5.95 Å². The van der Waals surface area contributed by atoms with Crippen LogP contribution in [0.3, 0.4) is 0 Å². The molecule has 6 heteroatoms. The van der Waals surface area contributed by atoms with E-state index in [2.05, 4.69) is 9.97 Å². The van der Waals surface area contributed by atoms with Gasteiger partial charge in [-0.2, -0.15) is 0 Å². The number of hydrogen-bond donors (Lipinski definition) is 1. The van der Waals surface area contributed by atoms with Crippen LogP contribution in [-0.4, -0.2) is 43.3 Å². The summed E-state index contributed by atoms with van der Waals surface area (Å²) in [6.45, 7) is 2.59. The third kappa shape index (κ3) is 3.99. The number of anilines is 1. The fraction of sp³-hybridized carbons (Fsp3) is 0.556. The number of ether oxygens (including phenoxy) is 1. The van der Waals surface area contributed by atoms with Crippen LogP contribution in [0.4, 0.5) is 5.95 Å². The van der Waals surface area contributed by atoms with E-state index in [1.165, 1.54) is 0 Å². The van der Waals surface area contributed by atoms with Crippen molar-refractivity contribution in [2.45, 2.75) is 0 Å². The highest BCUT2D eigenvalue weighted by molar-refractivity contribution is 6.30. The summed E-state index contributed by atoms with van der Waals surface area (Å²) in [7, 11) is 1.66. The van der Waals surface area contributed by atoms with Gasteiger partial charge >= 0.3 is 0 Å².